The molecule has 22 heavy (non-hydrogen) atoms. The van der Waals surface area contributed by atoms with Gasteiger partial charge < -0.3 is 15.4 Å². The Balaban J connectivity index is 0.00000441. The Morgan fingerprint density at radius 2 is 2.05 bits per heavy atom. The summed E-state index contributed by atoms with van der Waals surface area (Å²) in [4.78, 5) is 11.7. The van der Waals surface area contributed by atoms with Crippen LogP contribution in [0.4, 0.5) is 18.9 Å². The SMILES string of the molecule is CNCCCC(=O)Nc1ccc(Cl)cc1OCC(F)(F)F.Cl. The molecule has 126 valence electrons. The molecule has 1 aromatic carbocycles. The number of benzene rings is 1. The number of amides is 1. The van der Waals surface area contributed by atoms with E-state index in [1.165, 1.54) is 18.2 Å². The second-order valence-electron chi connectivity index (χ2n) is 4.30. The lowest BCUT2D eigenvalue weighted by molar-refractivity contribution is -0.153. The molecular formula is C13H17Cl2F3N2O2. The van der Waals surface area contributed by atoms with Crippen molar-refractivity contribution < 1.29 is 22.7 Å². The summed E-state index contributed by atoms with van der Waals surface area (Å²) in [6.07, 6.45) is -3.59. The van der Waals surface area contributed by atoms with E-state index in [9.17, 15) is 18.0 Å². The highest BCUT2D eigenvalue weighted by Gasteiger charge is 2.29. The highest BCUT2D eigenvalue weighted by atomic mass is 35.5. The zero-order chi connectivity index (χ0) is 15.9. The van der Waals surface area contributed by atoms with Crippen LogP contribution in [0.25, 0.3) is 0 Å². The highest BCUT2D eigenvalue weighted by Crippen LogP contribution is 2.30. The zero-order valence-corrected chi connectivity index (χ0v) is 13.4. The molecule has 1 amide bonds. The lowest BCUT2D eigenvalue weighted by atomic mass is 10.2. The third-order valence-corrected chi connectivity index (χ3v) is 2.67. The van der Waals surface area contributed by atoms with E-state index in [2.05, 4.69) is 15.4 Å². The number of carbonyl (C=O) groups excluding carboxylic acids is 1. The Morgan fingerprint density at radius 3 is 2.64 bits per heavy atom. The van der Waals surface area contributed by atoms with Crippen molar-refractivity contribution in [3.05, 3.63) is 23.2 Å². The van der Waals surface area contributed by atoms with Gasteiger partial charge in [0, 0.05) is 17.5 Å². The van der Waals surface area contributed by atoms with Crippen molar-refractivity contribution in [2.75, 3.05) is 25.5 Å². The van der Waals surface area contributed by atoms with Crippen molar-refractivity contribution >= 4 is 35.6 Å². The monoisotopic (exact) mass is 360 g/mol. The molecule has 0 saturated heterocycles. The van der Waals surface area contributed by atoms with E-state index in [0.29, 0.717) is 13.0 Å². The minimum absolute atomic E-state index is 0. The maximum Gasteiger partial charge on any atom is 0.422 e. The topological polar surface area (TPSA) is 50.4 Å². The van der Waals surface area contributed by atoms with Crippen molar-refractivity contribution in [1.82, 2.24) is 5.32 Å². The number of rotatable bonds is 7. The van der Waals surface area contributed by atoms with E-state index < -0.39 is 12.8 Å². The normalized spacial score (nSPS) is 10.8. The van der Waals surface area contributed by atoms with Crippen LogP contribution in [-0.4, -0.2) is 32.3 Å². The minimum Gasteiger partial charge on any atom is -0.482 e. The number of hydrogen-bond acceptors (Lipinski definition) is 3. The quantitative estimate of drug-likeness (QED) is 0.729. The molecule has 0 atom stereocenters. The third kappa shape index (κ3) is 8.31. The summed E-state index contributed by atoms with van der Waals surface area (Å²) in [6, 6.07) is 4.10. The molecule has 0 unspecified atom stereocenters. The van der Waals surface area contributed by atoms with Crippen LogP contribution >= 0.6 is 24.0 Å². The van der Waals surface area contributed by atoms with Gasteiger partial charge in [-0.1, -0.05) is 11.6 Å². The van der Waals surface area contributed by atoms with Crippen LogP contribution in [0.5, 0.6) is 5.75 Å². The number of halogens is 5. The number of alkyl halides is 3. The molecule has 1 aromatic rings. The van der Waals surface area contributed by atoms with Gasteiger partial charge in [-0.3, -0.25) is 4.79 Å². The smallest absolute Gasteiger partial charge is 0.422 e. The van der Waals surface area contributed by atoms with E-state index >= 15 is 0 Å². The van der Waals surface area contributed by atoms with Crippen molar-refractivity contribution in [1.29, 1.82) is 0 Å². The summed E-state index contributed by atoms with van der Waals surface area (Å²) < 4.78 is 41.2. The second-order valence-corrected chi connectivity index (χ2v) is 4.74. The van der Waals surface area contributed by atoms with Crippen LogP contribution < -0.4 is 15.4 Å². The molecule has 4 nitrogen and oxygen atoms in total. The molecule has 9 heteroatoms. The Hall–Kier alpha value is -1.18. The fourth-order valence-corrected chi connectivity index (χ4v) is 1.68. The maximum atomic E-state index is 12.2. The largest absolute Gasteiger partial charge is 0.482 e. The van der Waals surface area contributed by atoms with Gasteiger partial charge in [0.2, 0.25) is 5.91 Å². The van der Waals surface area contributed by atoms with E-state index in [4.69, 9.17) is 11.6 Å². The highest BCUT2D eigenvalue weighted by molar-refractivity contribution is 6.30. The molecule has 1 rings (SSSR count). The lowest BCUT2D eigenvalue weighted by Crippen LogP contribution is -2.20. The molecule has 0 aliphatic rings. The number of carbonyl (C=O) groups is 1. The lowest BCUT2D eigenvalue weighted by Gasteiger charge is -2.14. The van der Waals surface area contributed by atoms with Gasteiger partial charge in [-0.25, -0.2) is 0 Å². The first kappa shape index (κ1) is 20.8. The first-order valence-corrected chi connectivity index (χ1v) is 6.63. The summed E-state index contributed by atoms with van der Waals surface area (Å²) in [5, 5.41) is 5.63. The Bertz CT molecular complexity index is 485. The van der Waals surface area contributed by atoms with Crippen LogP contribution in [-0.2, 0) is 4.79 Å². The van der Waals surface area contributed by atoms with Gasteiger partial charge in [-0.15, -0.1) is 12.4 Å². The van der Waals surface area contributed by atoms with E-state index in [1.54, 1.807) is 7.05 Å². The first-order chi connectivity index (χ1) is 9.81. The Morgan fingerprint density at radius 1 is 1.36 bits per heavy atom. The zero-order valence-electron chi connectivity index (χ0n) is 11.8. The van der Waals surface area contributed by atoms with Gasteiger partial charge in [-0.2, -0.15) is 13.2 Å². The fourth-order valence-electron chi connectivity index (χ4n) is 1.52. The molecule has 0 bridgehead atoms. The van der Waals surface area contributed by atoms with Gasteiger partial charge in [0.05, 0.1) is 5.69 Å². The summed E-state index contributed by atoms with van der Waals surface area (Å²) in [5.74, 6) is -0.411. The minimum atomic E-state index is -4.46. The van der Waals surface area contributed by atoms with Crippen LogP contribution in [0.15, 0.2) is 18.2 Å². The van der Waals surface area contributed by atoms with Crippen molar-refractivity contribution in [3.63, 3.8) is 0 Å². The van der Waals surface area contributed by atoms with Crippen molar-refractivity contribution in [2.45, 2.75) is 19.0 Å². The molecule has 0 fully saturated rings. The number of nitrogens with one attached hydrogen (secondary N) is 2. The molecule has 0 aliphatic carbocycles. The van der Waals surface area contributed by atoms with Crippen molar-refractivity contribution in [3.8, 4) is 5.75 Å². The molecule has 0 radical (unpaired) electrons. The molecule has 0 aliphatic heterocycles. The first-order valence-electron chi connectivity index (χ1n) is 6.25. The van der Waals surface area contributed by atoms with Crippen molar-refractivity contribution in [2.24, 2.45) is 0 Å². The molecule has 2 N–H and O–H groups in total. The summed E-state index contributed by atoms with van der Waals surface area (Å²) in [7, 11) is 1.76. The average molecular weight is 361 g/mol. The van der Waals surface area contributed by atoms with Crippen LogP contribution in [0.2, 0.25) is 5.02 Å². The van der Waals surface area contributed by atoms with E-state index in [-0.39, 0.29) is 41.2 Å². The van der Waals surface area contributed by atoms with Gasteiger partial charge >= 0.3 is 6.18 Å². The molecule has 0 saturated carbocycles. The summed E-state index contributed by atoms with van der Waals surface area (Å²) in [6.45, 7) is -0.776. The van der Waals surface area contributed by atoms with Gasteiger partial charge in [-0.05, 0) is 32.1 Å². The fraction of sp³-hybridized carbons (Fsp3) is 0.462. The third-order valence-electron chi connectivity index (χ3n) is 2.44. The van der Waals surface area contributed by atoms with Gasteiger partial charge in [0.15, 0.2) is 6.61 Å². The van der Waals surface area contributed by atoms with E-state index in [1.807, 2.05) is 0 Å². The second kappa shape index (κ2) is 9.76. The Kier molecular flexibility index (Phi) is 9.24. The average Bonchev–Trinajstić information content (AvgIpc) is 2.38. The Labute approximate surface area is 137 Å². The maximum absolute atomic E-state index is 12.2. The van der Waals surface area contributed by atoms with E-state index in [0.717, 1.165) is 0 Å². The standard InChI is InChI=1S/C13H16ClF3N2O2.ClH/c1-18-6-2-3-12(20)19-10-5-4-9(14)7-11(10)21-8-13(15,16)17;/h4-5,7,18H,2-3,6,8H2,1H3,(H,19,20);1H. The number of ether oxygens (including phenoxy) is 1. The summed E-state index contributed by atoms with van der Waals surface area (Å²) >= 11 is 5.72. The predicted molar refractivity (Wildman–Crippen MR) is 82.0 cm³/mol. The molecule has 0 heterocycles. The number of anilines is 1. The molecule has 0 aromatic heterocycles. The molecule has 0 spiro atoms. The number of hydrogen-bond donors (Lipinski definition) is 2. The van der Waals surface area contributed by atoms with Gasteiger partial charge in [0.25, 0.3) is 0 Å². The van der Waals surface area contributed by atoms with Gasteiger partial charge in [0.1, 0.15) is 5.75 Å². The van der Waals surface area contributed by atoms with Crippen LogP contribution in [0, 0.1) is 0 Å². The molecular weight excluding hydrogens is 344 g/mol. The predicted octanol–water partition coefficient (Wildman–Crippen LogP) is 3.64. The van der Waals surface area contributed by atoms with Crippen LogP contribution in [0.3, 0.4) is 0 Å². The van der Waals surface area contributed by atoms with Crippen LogP contribution in [0.1, 0.15) is 12.8 Å². The summed E-state index contributed by atoms with van der Waals surface area (Å²) in [5.41, 5.74) is 0.165.